The minimum atomic E-state index is -0.748. The fraction of sp³-hybridized carbons (Fsp3) is 0.650. The molecule has 0 saturated heterocycles. The zero-order valence-electron chi connectivity index (χ0n) is 15.6. The molecule has 0 heterocycles. The molecule has 4 nitrogen and oxygen atoms in total. The molecule has 0 aromatic rings. The van der Waals surface area contributed by atoms with E-state index in [2.05, 4.69) is 6.08 Å². The van der Waals surface area contributed by atoms with Gasteiger partial charge in [0.1, 0.15) is 6.10 Å². The van der Waals surface area contributed by atoms with Crippen molar-refractivity contribution in [2.45, 2.75) is 66.1 Å². The van der Waals surface area contributed by atoms with E-state index in [-0.39, 0.29) is 24.4 Å². The Hall–Kier alpha value is -1.39. The monoisotopic (exact) mass is 336 g/mol. The van der Waals surface area contributed by atoms with Crippen LogP contribution in [0, 0.1) is 11.8 Å². The first-order valence-electron chi connectivity index (χ1n) is 8.75. The van der Waals surface area contributed by atoms with Crippen molar-refractivity contribution in [2.24, 2.45) is 11.8 Å². The van der Waals surface area contributed by atoms with Crippen LogP contribution in [0.25, 0.3) is 0 Å². The summed E-state index contributed by atoms with van der Waals surface area (Å²) >= 11 is 0. The number of rotatable bonds is 4. The molecule has 0 radical (unpaired) electrons. The summed E-state index contributed by atoms with van der Waals surface area (Å²) in [6.45, 7) is 9.36. The van der Waals surface area contributed by atoms with Crippen molar-refractivity contribution in [3.63, 3.8) is 0 Å². The second kappa shape index (κ2) is 9.80. The van der Waals surface area contributed by atoms with Crippen LogP contribution in [0.5, 0.6) is 0 Å². The van der Waals surface area contributed by atoms with E-state index >= 15 is 0 Å². The van der Waals surface area contributed by atoms with Crippen LogP contribution >= 0.6 is 0 Å². The number of carbonyl (C=O) groups is 1. The number of hydrogen-bond donors (Lipinski definition) is 2. The molecule has 0 amide bonds. The highest BCUT2D eigenvalue weighted by atomic mass is 16.5. The lowest BCUT2D eigenvalue weighted by molar-refractivity contribution is -0.150. The minimum Gasteiger partial charge on any atom is -0.458 e. The van der Waals surface area contributed by atoms with Gasteiger partial charge < -0.3 is 14.9 Å². The number of carbonyl (C=O) groups excluding carboxylic acids is 1. The van der Waals surface area contributed by atoms with E-state index in [1.165, 1.54) is 0 Å². The summed E-state index contributed by atoms with van der Waals surface area (Å²) in [7, 11) is 0. The summed E-state index contributed by atoms with van der Waals surface area (Å²) in [4.78, 5) is 12.3. The molecule has 0 aliphatic heterocycles. The van der Waals surface area contributed by atoms with E-state index in [1.807, 2.05) is 26.8 Å². The molecule has 136 valence electrons. The Labute approximate surface area is 145 Å². The molecule has 24 heavy (non-hydrogen) atoms. The number of aliphatic hydroxyl groups excluding tert-OH is 2. The lowest BCUT2D eigenvalue weighted by atomic mass is 9.80. The maximum atomic E-state index is 12.3. The Morgan fingerprint density at radius 3 is 2.67 bits per heavy atom. The van der Waals surface area contributed by atoms with Gasteiger partial charge in [0.05, 0.1) is 6.10 Å². The Kier molecular flexibility index (Phi) is 8.43. The molecule has 0 aromatic heterocycles. The number of allylic oxidation sites excluding steroid dienone is 3. The van der Waals surface area contributed by atoms with Gasteiger partial charge in [0.25, 0.3) is 0 Å². The average molecular weight is 336 g/mol. The van der Waals surface area contributed by atoms with E-state index in [0.29, 0.717) is 12.0 Å². The smallest absolute Gasteiger partial charge is 0.333 e. The standard InChI is InChI=1S/C20H32O4/c1-6-15(4)20(23)24-18-11-14(3)9-7-8-13(2)10-17(22)19(18)16(5)12-21/h6,9-10,16-19,21-22H,7-8,11-12H2,1-5H3/b13-10+,14-9+,15-6-/t16-,17+,18+,19+/m1/s1. The average Bonchev–Trinajstić information content (AvgIpc) is 2.52. The summed E-state index contributed by atoms with van der Waals surface area (Å²) in [6, 6.07) is 0. The summed E-state index contributed by atoms with van der Waals surface area (Å²) < 4.78 is 5.74. The summed E-state index contributed by atoms with van der Waals surface area (Å²) in [5.74, 6) is -0.893. The van der Waals surface area contributed by atoms with Crippen LogP contribution in [0.15, 0.2) is 34.9 Å². The molecule has 1 aliphatic carbocycles. The van der Waals surface area contributed by atoms with Gasteiger partial charge in [-0.3, -0.25) is 0 Å². The van der Waals surface area contributed by atoms with Crippen LogP contribution < -0.4 is 0 Å². The van der Waals surface area contributed by atoms with Crippen LogP contribution in [0.2, 0.25) is 0 Å². The van der Waals surface area contributed by atoms with E-state index in [4.69, 9.17) is 4.74 Å². The lowest BCUT2D eigenvalue weighted by Crippen LogP contribution is -2.40. The minimum absolute atomic E-state index is 0.0615. The topological polar surface area (TPSA) is 66.8 Å². The van der Waals surface area contributed by atoms with Gasteiger partial charge >= 0.3 is 5.97 Å². The number of aliphatic hydroxyl groups is 2. The Morgan fingerprint density at radius 1 is 1.42 bits per heavy atom. The summed E-state index contributed by atoms with van der Waals surface area (Å²) in [5.41, 5.74) is 2.80. The maximum Gasteiger partial charge on any atom is 0.333 e. The van der Waals surface area contributed by atoms with Crippen molar-refractivity contribution >= 4 is 5.97 Å². The maximum absolute atomic E-state index is 12.3. The Bertz CT molecular complexity index is 516. The van der Waals surface area contributed by atoms with Crippen LogP contribution in [-0.2, 0) is 9.53 Å². The van der Waals surface area contributed by atoms with Crippen molar-refractivity contribution in [1.82, 2.24) is 0 Å². The van der Waals surface area contributed by atoms with Crippen LogP contribution in [-0.4, -0.2) is 35.0 Å². The first-order chi connectivity index (χ1) is 11.3. The fourth-order valence-corrected chi connectivity index (χ4v) is 3.08. The van der Waals surface area contributed by atoms with Crippen molar-refractivity contribution in [3.8, 4) is 0 Å². The highest BCUT2D eigenvalue weighted by Gasteiger charge is 2.35. The molecule has 4 heteroatoms. The molecule has 0 bridgehead atoms. The second-order valence-electron chi connectivity index (χ2n) is 6.95. The largest absolute Gasteiger partial charge is 0.458 e. The Balaban J connectivity index is 3.20. The predicted molar refractivity (Wildman–Crippen MR) is 96.4 cm³/mol. The SMILES string of the molecule is C/C=C(/C)C(=O)O[C@H]1C/C(C)=C/CC/C(C)=C/[C@H](O)[C@@H]1[C@H](C)CO. The number of ether oxygens (including phenoxy) is 1. The second-order valence-corrected chi connectivity index (χ2v) is 6.95. The van der Waals surface area contributed by atoms with E-state index in [9.17, 15) is 15.0 Å². The van der Waals surface area contributed by atoms with Crippen molar-refractivity contribution in [2.75, 3.05) is 6.61 Å². The molecule has 0 spiro atoms. The number of esters is 1. The molecule has 0 aromatic carbocycles. The molecule has 0 unspecified atom stereocenters. The summed E-state index contributed by atoms with van der Waals surface area (Å²) in [6.07, 6.45) is 6.89. The van der Waals surface area contributed by atoms with Gasteiger partial charge in [-0.2, -0.15) is 0 Å². The molecule has 1 aliphatic rings. The molecule has 0 saturated carbocycles. The van der Waals surface area contributed by atoms with E-state index in [1.54, 1.807) is 19.9 Å². The highest BCUT2D eigenvalue weighted by Crippen LogP contribution is 2.30. The fourth-order valence-electron chi connectivity index (χ4n) is 3.08. The quantitative estimate of drug-likeness (QED) is 0.468. The molecule has 4 atom stereocenters. The zero-order valence-corrected chi connectivity index (χ0v) is 15.6. The third-order valence-electron chi connectivity index (χ3n) is 4.79. The summed E-state index contributed by atoms with van der Waals surface area (Å²) in [5, 5.41) is 20.3. The molecule has 2 N–H and O–H groups in total. The third-order valence-corrected chi connectivity index (χ3v) is 4.79. The van der Waals surface area contributed by atoms with Crippen LogP contribution in [0.3, 0.4) is 0 Å². The van der Waals surface area contributed by atoms with E-state index in [0.717, 1.165) is 24.0 Å². The first kappa shape index (κ1) is 20.7. The normalized spacial score (nSPS) is 32.1. The van der Waals surface area contributed by atoms with Crippen molar-refractivity contribution in [3.05, 3.63) is 34.9 Å². The van der Waals surface area contributed by atoms with Crippen molar-refractivity contribution < 1.29 is 19.7 Å². The van der Waals surface area contributed by atoms with Gasteiger partial charge in [-0.25, -0.2) is 4.79 Å². The molecular formula is C20H32O4. The van der Waals surface area contributed by atoms with E-state index < -0.39 is 12.2 Å². The first-order valence-corrected chi connectivity index (χ1v) is 8.75. The van der Waals surface area contributed by atoms with Gasteiger partial charge in [0.15, 0.2) is 0 Å². The van der Waals surface area contributed by atoms with Crippen LogP contribution in [0.4, 0.5) is 0 Å². The third kappa shape index (κ3) is 5.91. The van der Waals surface area contributed by atoms with Gasteiger partial charge in [-0.1, -0.05) is 36.3 Å². The van der Waals surface area contributed by atoms with Gasteiger partial charge in [-0.05, 0) is 46.5 Å². The van der Waals surface area contributed by atoms with Crippen LogP contribution in [0.1, 0.15) is 53.9 Å². The number of hydrogen-bond acceptors (Lipinski definition) is 4. The molecule has 1 rings (SSSR count). The van der Waals surface area contributed by atoms with Gasteiger partial charge in [0, 0.05) is 24.5 Å². The van der Waals surface area contributed by atoms with Crippen molar-refractivity contribution in [1.29, 1.82) is 0 Å². The zero-order chi connectivity index (χ0) is 18.3. The lowest BCUT2D eigenvalue weighted by Gasteiger charge is -2.34. The predicted octanol–water partition coefficient (Wildman–Crippen LogP) is 3.55. The Morgan fingerprint density at radius 2 is 2.08 bits per heavy atom. The highest BCUT2D eigenvalue weighted by molar-refractivity contribution is 5.87. The van der Waals surface area contributed by atoms with Gasteiger partial charge in [0.2, 0.25) is 0 Å². The van der Waals surface area contributed by atoms with Gasteiger partial charge in [-0.15, -0.1) is 0 Å². The molecular weight excluding hydrogens is 304 g/mol. The molecule has 0 fully saturated rings.